The average Bonchev–Trinajstić information content (AvgIpc) is 2.87. The van der Waals surface area contributed by atoms with Crippen molar-refractivity contribution in [3.05, 3.63) is 65.0 Å². The fraction of sp³-hybridized carbons (Fsp3) is 0.581. The summed E-state index contributed by atoms with van der Waals surface area (Å²) in [4.78, 5) is 12.4. The Morgan fingerprint density at radius 1 is 1.16 bits per heavy atom. The van der Waals surface area contributed by atoms with E-state index >= 15 is 0 Å². The molecule has 2 N–H and O–H groups in total. The minimum atomic E-state index is -0.990. The van der Waals surface area contributed by atoms with E-state index in [0.717, 1.165) is 81.5 Å². The monoisotopic (exact) mass is 549 g/mol. The van der Waals surface area contributed by atoms with Gasteiger partial charge >= 0.3 is 5.97 Å². The molecule has 2 aromatic carbocycles. The van der Waals surface area contributed by atoms with Gasteiger partial charge in [0.15, 0.2) is 6.10 Å². The third-order valence-corrected chi connectivity index (χ3v) is 8.00. The largest absolute Gasteiger partial charge is 0.494 e. The van der Waals surface area contributed by atoms with Crippen LogP contribution in [0.3, 0.4) is 0 Å². The summed E-state index contributed by atoms with van der Waals surface area (Å²) >= 11 is 0. The molecule has 3 atom stereocenters. The van der Waals surface area contributed by atoms with Crippen molar-refractivity contribution in [2.45, 2.75) is 77.2 Å². The fourth-order valence-corrected chi connectivity index (χ4v) is 6.21. The third-order valence-electron chi connectivity index (χ3n) is 8.00. The van der Waals surface area contributed by atoms with E-state index in [-0.39, 0.29) is 30.1 Å². The Bertz CT molecular complexity index is 1000. The zero-order valence-electron chi connectivity index (χ0n) is 23.3. The van der Waals surface area contributed by atoms with Gasteiger partial charge in [0.2, 0.25) is 0 Å². The van der Waals surface area contributed by atoms with Gasteiger partial charge in [0, 0.05) is 12.5 Å². The molecule has 3 unspecified atom stereocenters. The van der Waals surface area contributed by atoms with Crippen LogP contribution in [0.15, 0.2) is 42.5 Å². The summed E-state index contributed by atoms with van der Waals surface area (Å²) in [7, 11) is 1.47. The van der Waals surface area contributed by atoms with E-state index in [4.69, 9.17) is 9.47 Å². The fourth-order valence-electron chi connectivity index (χ4n) is 6.21. The van der Waals surface area contributed by atoms with Crippen LogP contribution in [0.5, 0.6) is 5.75 Å². The molecular formula is C31H45ClFNO4. The van der Waals surface area contributed by atoms with Gasteiger partial charge in [-0.25, -0.2) is 9.18 Å². The average molecular weight is 550 g/mol. The number of carboxylic acids is 1. The molecule has 3 rings (SSSR count). The summed E-state index contributed by atoms with van der Waals surface area (Å²) < 4.78 is 25.4. The summed E-state index contributed by atoms with van der Waals surface area (Å²) in [6, 6.07) is 13.2. The lowest BCUT2D eigenvalue weighted by molar-refractivity contribution is -0.158. The number of aryl methyl sites for hydroxylation is 2. The van der Waals surface area contributed by atoms with Crippen LogP contribution in [0.2, 0.25) is 0 Å². The molecule has 0 bridgehead atoms. The molecule has 2 aromatic rings. The predicted octanol–water partition coefficient (Wildman–Crippen LogP) is 6.59. The van der Waals surface area contributed by atoms with Crippen molar-refractivity contribution >= 4 is 18.4 Å². The van der Waals surface area contributed by atoms with Gasteiger partial charge in [-0.3, -0.25) is 0 Å². The molecule has 7 heteroatoms. The number of benzene rings is 2. The lowest BCUT2D eigenvalue weighted by Crippen LogP contribution is -2.56. The first-order valence-electron chi connectivity index (χ1n) is 13.8. The molecule has 0 spiro atoms. The Labute approximate surface area is 233 Å². The predicted molar refractivity (Wildman–Crippen MR) is 153 cm³/mol. The number of fused-ring (bicyclic) bond motifs is 1. The third kappa shape index (κ3) is 7.49. The zero-order valence-corrected chi connectivity index (χ0v) is 24.1. The number of aliphatic carboxylic acids is 1. The Kier molecular flexibility index (Phi) is 13.0. The van der Waals surface area contributed by atoms with Gasteiger partial charge in [0.05, 0.1) is 6.61 Å². The zero-order chi connectivity index (χ0) is 26.8. The van der Waals surface area contributed by atoms with Crippen LogP contribution in [0.1, 0.15) is 69.6 Å². The van der Waals surface area contributed by atoms with Crippen molar-refractivity contribution in [3.63, 3.8) is 0 Å². The van der Waals surface area contributed by atoms with E-state index in [2.05, 4.69) is 38.2 Å². The highest BCUT2D eigenvalue weighted by Crippen LogP contribution is 2.51. The number of methoxy groups -OCH3 is 1. The van der Waals surface area contributed by atoms with Crippen LogP contribution in [-0.2, 0) is 27.8 Å². The van der Waals surface area contributed by atoms with Gasteiger partial charge in [0.1, 0.15) is 11.6 Å². The highest BCUT2D eigenvalue weighted by molar-refractivity contribution is 5.85. The number of rotatable bonds is 15. The first kappa shape index (κ1) is 32.1. The molecular weight excluding hydrogens is 505 g/mol. The minimum absolute atomic E-state index is 0. The van der Waals surface area contributed by atoms with Crippen LogP contribution in [0, 0.1) is 17.7 Å². The summed E-state index contributed by atoms with van der Waals surface area (Å²) in [5, 5.41) is 13.7. The molecule has 0 radical (unpaired) electrons. The van der Waals surface area contributed by atoms with Crippen LogP contribution in [0.4, 0.5) is 4.39 Å². The highest BCUT2D eigenvalue weighted by atomic mass is 35.5. The van der Waals surface area contributed by atoms with Crippen LogP contribution in [-0.4, -0.2) is 44.0 Å². The minimum Gasteiger partial charge on any atom is -0.494 e. The van der Waals surface area contributed by atoms with Gasteiger partial charge in [-0.05, 0) is 104 Å². The second-order valence-corrected chi connectivity index (χ2v) is 10.6. The van der Waals surface area contributed by atoms with Crippen LogP contribution >= 0.6 is 12.4 Å². The molecule has 38 heavy (non-hydrogen) atoms. The molecule has 0 amide bonds. The quantitative estimate of drug-likeness (QED) is 0.245. The van der Waals surface area contributed by atoms with E-state index in [0.29, 0.717) is 0 Å². The number of carboxylic acid groups (broad SMARTS) is 1. The second kappa shape index (κ2) is 15.4. The maximum atomic E-state index is 14.0. The van der Waals surface area contributed by atoms with Crippen molar-refractivity contribution < 1.29 is 23.8 Å². The molecule has 1 aliphatic rings. The van der Waals surface area contributed by atoms with Gasteiger partial charge in [-0.15, -0.1) is 12.4 Å². The summed E-state index contributed by atoms with van der Waals surface area (Å²) in [5.74, 6) is -0.194. The van der Waals surface area contributed by atoms with Crippen molar-refractivity contribution in [1.82, 2.24) is 5.32 Å². The maximum Gasteiger partial charge on any atom is 0.333 e. The lowest BCUT2D eigenvalue weighted by atomic mass is 9.54. The number of ether oxygens (including phenoxy) is 2. The van der Waals surface area contributed by atoms with Gasteiger partial charge in [0.25, 0.3) is 0 Å². The number of halogens is 2. The second-order valence-electron chi connectivity index (χ2n) is 10.6. The van der Waals surface area contributed by atoms with Gasteiger partial charge in [-0.2, -0.15) is 0 Å². The maximum absolute atomic E-state index is 14.0. The Hall–Kier alpha value is -2.15. The number of unbranched alkanes of at least 4 members (excludes halogenated alkanes) is 1. The molecule has 0 aliphatic heterocycles. The number of hydrogen-bond donors (Lipinski definition) is 2. The SMILES string of the molecule is CCCCOc1ccc(CCCNCCC2CCc3cc(F)ccc3C2(C(C)C)C(OC)C(=O)O)cc1.Cl. The van der Waals surface area contributed by atoms with Gasteiger partial charge in [-0.1, -0.05) is 45.4 Å². The van der Waals surface area contributed by atoms with E-state index in [9.17, 15) is 14.3 Å². The Morgan fingerprint density at radius 2 is 1.89 bits per heavy atom. The Morgan fingerprint density at radius 3 is 2.53 bits per heavy atom. The van der Waals surface area contributed by atoms with Crippen molar-refractivity contribution in [2.75, 3.05) is 26.8 Å². The molecule has 212 valence electrons. The standard InChI is InChI=1S/C31H44FNO4.ClH/c1-5-6-20-37-27-14-9-23(10-15-27)8-7-18-33-19-17-25-12-11-24-21-26(32)13-16-28(24)31(25,22(2)3)29(36-4)30(34)35;/h9-10,13-16,21-22,25,29,33H,5-8,11-12,17-20H2,1-4H3,(H,34,35);1H. The van der Waals surface area contributed by atoms with E-state index in [1.54, 1.807) is 12.1 Å². The number of carbonyl (C=O) groups is 1. The van der Waals surface area contributed by atoms with Crippen molar-refractivity contribution in [2.24, 2.45) is 11.8 Å². The summed E-state index contributed by atoms with van der Waals surface area (Å²) in [6.07, 6.45) is 5.63. The van der Waals surface area contributed by atoms with Crippen molar-refractivity contribution in [3.8, 4) is 5.75 Å². The topological polar surface area (TPSA) is 67.8 Å². The van der Waals surface area contributed by atoms with Crippen LogP contribution < -0.4 is 10.1 Å². The summed E-state index contributed by atoms with van der Waals surface area (Å²) in [6.45, 7) is 8.74. The number of hydrogen-bond acceptors (Lipinski definition) is 4. The van der Waals surface area contributed by atoms with Crippen molar-refractivity contribution in [1.29, 1.82) is 0 Å². The first-order valence-corrected chi connectivity index (χ1v) is 13.8. The molecule has 0 saturated heterocycles. The summed E-state index contributed by atoms with van der Waals surface area (Å²) in [5.41, 5.74) is 2.41. The lowest BCUT2D eigenvalue weighted by Gasteiger charge is -2.51. The number of nitrogens with one attached hydrogen (secondary N) is 1. The molecule has 0 aromatic heterocycles. The molecule has 1 aliphatic carbocycles. The molecule has 0 heterocycles. The van der Waals surface area contributed by atoms with E-state index in [1.807, 2.05) is 12.1 Å². The smallest absolute Gasteiger partial charge is 0.333 e. The van der Waals surface area contributed by atoms with Gasteiger partial charge < -0.3 is 19.9 Å². The molecule has 0 fully saturated rings. The normalized spacial score (nSPS) is 19.5. The molecule has 0 saturated carbocycles. The highest BCUT2D eigenvalue weighted by Gasteiger charge is 2.54. The van der Waals surface area contributed by atoms with E-state index in [1.165, 1.54) is 18.7 Å². The first-order chi connectivity index (χ1) is 17.8. The Balaban J connectivity index is 0.00000507. The van der Waals surface area contributed by atoms with Crippen LogP contribution in [0.25, 0.3) is 0 Å². The molecule has 5 nitrogen and oxygen atoms in total. The van der Waals surface area contributed by atoms with E-state index < -0.39 is 17.5 Å².